The van der Waals surface area contributed by atoms with Crippen LogP contribution in [-0.4, -0.2) is 77.9 Å². The third-order valence-corrected chi connectivity index (χ3v) is 3.33. The number of urea groups is 1. The van der Waals surface area contributed by atoms with E-state index in [0.29, 0.717) is 26.2 Å². The molecule has 2 heterocycles. The van der Waals surface area contributed by atoms with Crippen molar-refractivity contribution in [2.75, 3.05) is 39.3 Å². The number of amides is 3. The molecule has 2 aliphatic heterocycles. The fraction of sp³-hybridized carbons (Fsp3) is 0.833. The molecule has 2 rings (SSSR count). The topological polar surface area (TPSA) is 82.1 Å². The number of imide groups is 1. The summed E-state index contributed by atoms with van der Waals surface area (Å²) in [5.74, 6) is -0.184. The van der Waals surface area contributed by atoms with Crippen LogP contribution < -0.4 is 5.32 Å². The van der Waals surface area contributed by atoms with Gasteiger partial charge in [0.2, 0.25) is 5.91 Å². The van der Waals surface area contributed by atoms with E-state index in [1.807, 2.05) is 13.8 Å². The van der Waals surface area contributed by atoms with Crippen molar-refractivity contribution < 1.29 is 19.4 Å². The van der Waals surface area contributed by atoms with Crippen LogP contribution in [0.4, 0.5) is 4.79 Å². The first-order valence-corrected chi connectivity index (χ1v) is 6.50. The fourth-order valence-corrected chi connectivity index (χ4v) is 2.61. The zero-order valence-corrected chi connectivity index (χ0v) is 11.4. The SMILES string of the molecule is CC1(C)CN(CCN2C(=O)CNC2=O)CC(CO)O1. The number of aliphatic hydroxyl groups excluding tert-OH is 1. The van der Waals surface area contributed by atoms with Crippen molar-refractivity contribution in [3.05, 3.63) is 0 Å². The molecular formula is C12H21N3O4. The Morgan fingerprint density at radius 2 is 2.16 bits per heavy atom. The van der Waals surface area contributed by atoms with E-state index in [0.717, 1.165) is 0 Å². The molecule has 2 N–H and O–H groups in total. The summed E-state index contributed by atoms with van der Waals surface area (Å²) in [4.78, 5) is 26.2. The summed E-state index contributed by atoms with van der Waals surface area (Å²) < 4.78 is 5.72. The molecule has 1 atom stereocenters. The van der Waals surface area contributed by atoms with Gasteiger partial charge < -0.3 is 15.2 Å². The lowest BCUT2D eigenvalue weighted by Crippen LogP contribution is -2.55. The van der Waals surface area contributed by atoms with E-state index in [9.17, 15) is 14.7 Å². The molecule has 0 spiro atoms. The van der Waals surface area contributed by atoms with E-state index in [-0.39, 0.29) is 36.8 Å². The monoisotopic (exact) mass is 271 g/mol. The third kappa shape index (κ3) is 3.43. The predicted molar refractivity (Wildman–Crippen MR) is 67.6 cm³/mol. The van der Waals surface area contributed by atoms with E-state index < -0.39 is 0 Å². The van der Waals surface area contributed by atoms with Gasteiger partial charge in [-0.2, -0.15) is 0 Å². The Balaban J connectivity index is 1.88. The van der Waals surface area contributed by atoms with E-state index in [1.165, 1.54) is 4.90 Å². The summed E-state index contributed by atoms with van der Waals surface area (Å²) in [6, 6.07) is -0.323. The summed E-state index contributed by atoms with van der Waals surface area (Å²) >= 11 is 0. The van der Waals surface area contributed by atoms with Crippen molar-refractivity contribution in [2.45, 2.75) is 25.6 Å². The van der Waals surface area contributed by atoms with Crippen molar-refractivity contribution in [2.24, 2.45) is 0 Å². The summed E-state index contributed by atoms with van der Waals surface area (Å²) in [5.41, 5.74) is -0.330. The minimum atomic E-state index is -0.330. The quantitative estimate of drug-likeness (QED) is 0.642. The number of nitrogens with one attached hydrogen (secondary N) is 1. The lowest BCUT2D eigenvalue weighted by Gasteiger charge is -2.42. The van der Waals surface area contributed by atoms with E-state index in [1.54, 1.807) is 0 Å². The van der Waals surface area contributed by atoms with Crippen molar-refractivity contribution in [3.8, 4) is 0 Å². The molecule has 0 radical (unpaired) electrons. The number of morpholine rings is 1. The van der Waals surface area contributed by atoms with Crippen molar-refractivity contribution in [1.82, 2.24) is 15.1 Å². The zero-order valence-electron chi connectivity index (χ0n) is 11.4. The first kappa shape index (κ1) is 14.2. The highest BCUT2D eigenvalue weighted by Crippen LogP contribution is 2.20. The second-order valence-corrected chi connectivity index (χ2v) is 5.62. The average molecular weight is 271 g/mol. The fourth-order valence-electron chi connectivity index (χ4n) is 2.61. The van der Waals surface area contributed by atoms with Crippen LogP contribution in [0.1, 0.15) is 13.8 Å². The summed E-state index contributed by atoms with van der Waals surface area (Å²) in [6.45, 7) is 6.30. The van der Waals surface area contributed by atoms with Gasteiger partial charge in [0.25, 0.3) is 0 Å². The highest BCUT2D eigenvalue weighted by atomic mass is 16.5. The van der Waals surface area contributed by atoms with Gasteiger partial charge in [0.05, 0.1) is 24.9 Å². The van der Waals surface area contributed by atoms with Gasteiger partial charge in [0.15, 0.2) is 0 Å². The molecule has 2 fully saturated rings. The molecule has 7 heteroatoms. The van der Waals surface area contributed by atoms with Crippen molar-refractivity contribution >= 4 is 11.9 Å². The summed E-state index contributed by atoms with van der Waals surface area (Å²) in [6.07, 6.45) is -0.216. The largest absolute Gasteiger partial charge is 0.394 e. The van der Waals surface area contributed by atoms with E-state index in [4.69, 9.17) is 4.74 Å². The number of nitrogens with zero attached hydrogens (tertiary/aromatic N) is 2. The normalized spacial score (nSPS) is 27.7. The number of aliphatic hydroxyl groups is 1. The second kappa shape index (κ2) is 5.44. The molecular weight excluding hydrogens is 250 g/mol. The minimum Gasteiger partial charge on any atom is -0.394 e. The van der Waals surface area contributed by atoms with Gasteiger partial charge in [-0.15, -0.1) is 0 Å². The van der Waals surface area contributed by atoms with Crippen LogP contribution in [0, 0.1) is 0 Å². The maximum Gasteiger partial charge on any atom is 0.324 e. The Morgan fingerprint density at radius 1 is 1.42 bits per heavy atom. The van der Waals surface area contributed by atoms with Gasteiger partial charge in [-0.25, -0.2) is 4.79 Å². The van der Waals surface area contributed by atoms with Crippen LogP contribution in [-0.2, 0) is 9.53 Å². The maximum atomic E-state index is 11.5. The van der Waals surface area contributed by atoms with Crippen LogP contribution in [0.2, 0.25) is 0 Å². The second-order valence-electron chi connectivity index (χ2n) is 5.62. The molecule has 0 bridgehead atoms. The van der Waals surface area contributed by atoms with Gasteiger partial charge in [-0.05, 0) is 13.8 Å². The predicted octanol–water partition coefficient (Wildman–Crippen LogP) is -0.990. The molecule has 0 aromatic carbocycles. The summed E-state index contributed by atoms with van der Waals surface area (Å²) in [5, 5.41) is 11.7. The Bertz CT molecular complexity index is 356. The van der Waals surface area contributed by atoms with Crippen molar-refractivity contribution in [1.29, 1.82) is 0 Å². The molecule has 0 aliphatic carbocycles. The van der Waals surface area contributed by atoms with Gasteiger partial charge in [0, 0.05) is 26.2 Å². The van der Waals surface area contributed by atoms with Gasteiger partial charge in [-0.3, -0.25) is 14.6 Å². The van der Waals surface area contributed by atoms with Crippen LogP contribution >= 0.6 is 0 Å². The number of carbonyl (C=O) groups excluding carboxylic acids is 2. The van der Waals surface area contributed by atoms with E-state index in [2.05, 4.69) is 10.2 Å². The molecule has 0 aromatic heterocycles. The zero-order chi connectivity index (χ0) is 14.0. The Hall–Kier alpha value is -1.18. The van der Waals surface area contributed by atoms with Crippen molar-refractivity contribution in [3.63, 3.8) is 0 Å². The molecule has 2 aliphatic rings. The number of carbonyl (C=O) groups is 2. The van der Waals surface area contributed by atoms with Crippen LogP contribution in [0.5, 0.6) is 0 Å². The summed E-state index contributed by atoms with van der Waals surface area (Å²) in [7, 11) is 0. The number of rotatable bonds is 4. The molecule has 0 aromatic rings. The van der Waals surface area contributed by atoms with Gasteiger partial charge in [-0.1, -0.05) is 0 Å². The number of hydrogen-bond donors (Lipinski definition) is 2. The first-order valence-electron chi connectivity index (χ1n) is 6.50. The Morgan fingerprint density at radius 3 is 2.74 bits per heavy atom. The Labute approximate surface area is 112 Å². The van der Waals surface area contributed by atoms with Crippen LogP contribution in [0.25, 0.3) is 0 Å². The molecule has 19 heavy (non-hydrogen) atoms. The third-order valence-electron chi connectivity index (χ3n) is 3.33. The van der Waals surface area contributed by atoms with Gasteiger partial charge in [0.1, 0.15) is 0 Å². The lowest BCUT2D eigenvalue weighted by molar-refractivity contribution is -0.149. The van der Waals surface area contributed by atoms with Gasteiger partial charge >= 0.3 is 6.03 Å². The average Bonchev–Trinajstić information content (AvgIpc) is 2.64. The standard InChI is InChI=1S/C12H21N3O4/c1-12(2)8-14(6-9(7-16)19-12)3-4-15-10(17)5-13-11(15)18/h9,16H,3-8H2,1-2H3,(H,13,18). The molecule has 0 saturated carbocycles. The maximum absolute atomic E-state index is 11.5. The Kier molecular flexibility index (Phi) is 4.07. The molecule has 108 valence electrons. The van der Waals surface area contributed by atoms with Crippen LogP contribution in [0.3, 0.4) is 0 Å². The molecule has 1 unspecified atom stereocenters. The number of hydrogen-bond acceptors (Lipinski definition) is 5. The molecule has 3 amide bonds. The highest BCUT2D eigenvalue weighted by molar-refractivity contribution is 6.01. The lowest BCUT2D eigenvalue weighted by atomic mass is 10.1. The molecule has 2 saturated heterocycles. The minimum absolute atomic E-state index is 0.0247. The smallest absolute Gasteiger partial charge is 0.324 e. The van der Waals surface area contributed by atoms with Crippen LogP contribution in [0.15, 0.2) is 0 Å². The highest BCUT2D eigenvalue weighted by Gasteiger charge is 2.34. The number of ether oxygens (including phenoxy) is 1. The first-order chi connectivity index (χ1) is 8.91. The molecule has 7 nitrogen and oxygen atoms in total. The van der Waals surface area contributed by atoms with E-state index >= 15 is 0 Å².